The third-order valence-electron chi connectivity index (χ3n) is 3.18. The summed E-state index contributed by atoms with van der Waals surface area (Å²) in [5.41, 5.74) is 1.08. The maximum Gasteiger partial charge on any atom is 0.264 e. The Kier molecular flexibility index (Phi) is 4.75. The summed E-state index contributed by atoms with van der Waals surface area (Å²) in [7, 11) is 0. The second-order valence-electron chi connectivity index (χ2n) is 4.57. The normalized spacial score (nSPS) is 16.0. The number of carbonyl (C=O) groups excluding carboxylic acids is 1. The summed E-state index contributed by atoms with van der Waals surface area (Å²) in [6, 6.07) is 9.57. The van der Waals surface area contributed by atoms with Gasteiger partial charge in [-0.15, -0.1) is 0 Å². The van der Waals surface area contributed by atoms with Crippen LogP contribution in [0.4, 0.5) is 0 Å². The summed E-state index contributed by atoms with van der Waals surface area (Å²) in [5, 5.41) is 9.17. The highest BCUT2D eigenvalue weighted by Gasteiger charge is 2.19. The van der Waals surface area contributed by atoms with E-state index >= 15 is 0 Å². The number of halogens is 1. The van der Waals surface area contributed by atoms with E-state index in [1.165, 1.54) is 6.42 Å². The Hall–Kier alpha value is -1.60. The molecule has 1 aromatic rings. The van der Waals surface area contributed by atoms with Crippen LogP contribution in [0.2, 0.25) is 0 Å². The molecule has 0 saturated carbocycles. The minimum atomic E-state index is -0.148. The maximum absolute atomic E-state index is 12.2. The molecule has 98 valence electrons. The van der Waals surface area contributed by atoms with Crippen molar-refractivity contribution in [1.29, 1.82) is 5.26 Å². The summed E-state index contributed by atoms with van der Waals surface area (Å²) < 4.78 is 0.977. The minimum Gasteiger partial charge on any atom is -0.338 e. The van der Waals surface area contributed by atoms with E-state index in [4.69, 9.17) is 5.26 Å². The summed E-state index contributed by atoms with van der Waals surface area (Å²) in [5.74, 6) is -0.148. The van der Waals surface area contributed by atoms with Crippen molar-refractivity contribution >= 4 is 27.9 Å². The highest BCUT2D eigenvalue weighted by atomic mass is 79.9. The van der Waals surface area contributed by atoms with Gasteiger partial charge in [-0.3, -0.25) is 4.79 Å². The lowest BCUT2D eigenvalue weighted by Gasteiger charge is -2.26. The lowest BCUT2D eigenvalue weighted by atomic mass is 10.1. The van der Waals surface area contributed by atoms with Gasteiger partial charge in [0.25, 0.3) is 5.91 Å². The van der Waals surface area contributed by atoms with Gasteiger partial charge in [0.05, 0.1) is 0 Å². The number of piperidine rings is 1. The predicted octanol–water partition coefficient (Wildman–Crippen LogP) is 3.37. The zero-order valence-corrected chi connectivity index (χ0v) is 12.2. The van der Waals surface area contributed by atoms with Crippen LogP contribution in [-0.4, -0.2) is 23.9 Å². The Bertz CT molecular complexity index is 522. The molecule has 0 radical (unpaired) electrons. The van der Waals surface area contributed by atoms with E-state index in [0.717, 1.165) is 36.0 Å². The molecule has 0 spiro atoms. The van der Waals surface area contributed by atoms with Crippen LogP contribution in [0.1, 0.15) is 24.8 Å². The fraction of sp³-hybridized carbons (Fsp3) is 0.333. The molecule has 0 aromatic heterocycles. The Morgan fingerprint density at radius 3 is 2.42 bits per heavy atom. The van der Waals surface area contributed by atoms with Gasteiger partial charge in [0.2, 0.25) is 0 Å². The van der Waals surface area contributed by atoms with E-state index in [0.29, 0.717) is 0 Å². The number of nitriles is 1. The van der Waals surface area contributed by atoms with Crippen molar-refractivity contribution in [3.8, 4) is 6.07 Å². The predicted molar refractivity (Wildman–Crippen MR) is 78.2 cm³/mol. The Balaban J connectivity index is 2.17. The van der Waals surface area contributed by atoms with Gasteiger partial charge in [0.1, 0.15) is 11.6 Å². The Morgan fingerprint density at radius 1 is 1.21 bits per heavy atom. The van der Waals surface area contributed by atoms with Crippen LogP contribution in [0, 0.1) is 11.3 Å². The average molecular weight is 319 g/mol. The molecule has 0 bridgehead atoms. The number of likely N-dealkylation sites (tertiary alicyclic amines) is 1. The summed E-state index contributed by atoms with van der Waals surface area (Å²) >= 11 is 3.36. The number of amides is 1. The minimum absolute atomic E-state index is 0.148. The first-order valence-corrected chi connectivity index (χ1v) is 7.16. The lowest BCUT2D eigenvalue weighted by Crippen LogP contribution is -2.36. The molecule has 1 fully saturated rings. The van der Waals surface area contributed by atoms with Crippen molar-refractivity contribution in [1.82, 2.24) is 4.90 Å². The molecular weight excluding hydrogens is 304 g/mol. The SMILES string of the molecule is N#C/C(=C\c1ccc(Br)cc1)C(=O)N1CCCCC1. The van der Waals surface area contributed by atoms with Gasteiger partial charge in [-0.1, -0.05) is 28.1 Å². The zero-order chi connectivity index (χ0) is 13.7. The van der Waals surface area contributed by atoms with E-state index in [-0.39, 0.29) is 11.5 Å². The molecule has 1 heterocycles. The van der Waals surface area contributed by atoms with Gasteiger partial charge >= 0.3 is 0 Å². The van der Waals surface area contributed by atoms with Crippen molar-refractivity contribution < 1.29 is 4.79 Å². The summed E-state index contributed by atoms with van der Waals surface area (Å²) in [6.07, 6.45) is 4.89. The van der Waals surface area contributed by atoms with Crippen LogP contribution in [0.15, 0.2) is 34.3 Å². The van der Waals surface area contributed by atoms with Crippen LogP contribution in [0.3, 0.4) is 0 Å². The standard InChI is InChI=1S/C15H15BrN2O/c16-14-6-4-12(5-7-14)10-13(11-17)15(19)18-8-2-1-3-9-18/h4-7,10H,1-3,8-9H2/b13-10+. The Morgan fingerprint density at radius 2 is 1.84 bits per heavy atom. The largest absolute Gasteiger partial charge is 0.338 e. The molecule has 0 N–H and O–H groups in total. The van der Waals surface area contributed by atoms with Gasteiger partial charge in [-0.2, -0.15) is 5.26 Å². The molecule has 1 aliphatic heterocycles. The van der Waals surface area contributed by atoms with E-state index in [9.17, 15) is 4.79 Å². The van der Waals surface area contributed by atoms with Crippen molar-refractivity contribution in [3.05, 3.63) is 39.9 Å². The summed E-state index contributed by atoms with van der Waals surface area (Å²) in [6.45, 7) is 1.52. The van der Waals surface area contributed by atoms with E-state index in [2.05, 4.69) is 15.9 Å². The molecule has 0 atom stereocenters. The number of rotatable bonds is 2. The van der Waals surface area contributed by atoms with Crippen LogP contribution in [-0.2, 0) is 4.79 Å². The topological polar surface area (TPSA) is 44.1 Å². The number of hydrogen-bond donors (Lipinski definition) is 0. The smallest absolute Gasteiger partial charge is 0.264 e. The molecule has 1 aromatic carbocycles. The molecule has 4 heteroatoms. The number of carbonyl (C=O) groups is 1. The van der Waals surface area contributed by atoms with Crippen LogP contribution in [0.25, 0.3) is 6.08 Å². The first kappa shape index (κ1) is 13.8. The van der Waals surface area contributed by atoms with Crippen molar-refractivity contribution in [2.75, 3.05) is 13.1 Å². The van der Waals surface area contributed by atoms with E-state index in [1.807, 2.05) is 30.3 Å². The molecule has 0 aliphatic carbocycles. The first-order chi connectivity index (χ1) is 9.20. The van der Waals surface area contributed by atoms with Gasteiger partial charge in [-0.05, 0) is 43.0 Å². The van der Waals surface area contributed by atoms with Crippen LogP contribution >= 0.6 is 15.9 Å². The second-order valence-corrected chi connectivity index (χ2v) is 5.49. The lowest BCUT2D eigenvalue weighted by molar-refractivity contribution is -0.127. The molecule has 2 rings (SSSR count). The van der Waals surface area contributed by atoms with Gasteiger partial charge in [-0.25, -0.2) is 0 Å². The van der Waals surface area contributed by atoms with Crippen LogP contribution < -0.4 is 0 Å². The molecule has 1 aliphatic rings. The van der Waals surface area contributed by atoms with Gasteiger partial charge < -0.3 is 4.90 Å². The summed E-state index contributed by atoms with van der Waals surface area (Å²) in [4.78, 5) is 14.0. The highest BCUT2D eigenvalue weighted by Crippen LogP contribution is 2.16. The fourth-order valence-electron chi connectivity index (χ4n) is 2.13. The second kappa shape index (κ2) is 6.53. The number of benzene rings is 1. The van der Waals surface area contributed by atoms with E-state index in [1.54, 1.807) is 11.0 Å². The molecule has 1 amide bonds. The quantitative estimate of drug-likeness (QED) is 0.620. The Labute approximate surface area is 121 Å². The number of nitrogens with zero attached hydrogens (tertiary/aromatic N) is 2. The third-order valence-corrected chi connectivity index (χ3v) is 3.70. The van der Waals surface area contributed by atoms with Crippen molar-refractivity contribution in [2.24, 2.45) is 0 Å². The third kappa shape index (κ3) is 3.68. The molecule has 1 saturated heterocycles. The van der Waals surface area contributed by atoms with Crippen molar-refractivity contribution in [3.63, 3.8) is 0 Å². The van der Waals surface area contributed by atoms with Crippen molar-refractivity contribution in [2.45, 2.75) is 19.3 Å². The zero-order valence-electron chi connectivity index (χ0n) is 10.6. The fourth-order valence-corrected chi connectivity index (χ4v) is 2.40. The molecular formula is C15H15BrN2O. The first-order valence-electron chi connectivity index (χ1n) is 6.37. The highest BCUT2D eigenvalue weighted by molar-refractivity contribution is 9.10. The monoisotopic (exact) mass is 318 g/mol. The van der Waals surface area contributed by atoms with Gasteiger partial charge in [0, 0.05) is 17.6 Å². The molecule has 19 heavy (non-hydrogen) atoms. The van der Waals surface area contributed by atoms with E-state index < -0.39 is 0 Å². The average Bonchev–Trinajstić information content (AvgIpc) is 2.47. The van der Waals surface area contributed by atoms with Crippen LogP contribution in [0.5, 0.6) is 0 Å². The maximum atomic E-state index is 12.2. The molecule has 3 nitrogen and oxygen atoms in total. The molecule has 0 unspecified atom stereocenters. The van der Waals surface area contributed by atoms with Gasteiger partial charge in [0.15, 0.2) is 0 Å². The number of hydrogen-bond acceptors (Lipinski definition) is 2.